The van der Waals surface area contributed by atoms with Crippen molar-refractivity contribution in [1.29, 1.82) is 0 Å². The molecule has 1 saturated heterocycles. The molecule has 3 N–H and O–H groups in total. The number of carbonyl (C=O) groups excluding carboxylic acids is 2. The zero-order valence-electron chi connectivity index (χ0n) is 19.8. The number of nitrogens with zero attached hydrogens (tertiary/aromatic N) is 1. The van der Waals surface area contributed by atoms with Gasteiger partial charge in [-0.05, 0) is 37.2 Å². The molecular formula is C24H39N3O5S. The molecule has 9 heteroatoms. The summed E-state index contributed by atoms with van der Waals surface area (Å²) < 4.78 is 24.5. The Morgan fingerprint density at radius 1 is 1.09 bits per heavy atom. The number of urea groups is 1. The van der Waals surface area contributed by atoms with Crippen LogP contribution in [-0.2, 0) is 21.1 Å². The second kappa shape index (κ2) is 13.5. The van der Waals surface area contributed by atoms with Crippen LogP contribution in [0.15, 0.2) is 30.3 Å². The van der Waals surface area contributed by atoms with Crippen LogP contribution in [0, 0.1) is 5.92 Å². The minimum Gasteiger partial charge on any atom is -0.389 e. The van der Waals surface area contributed by atoms with E-state index >= 15 is 0 Å². The molecule has 1 aliphatic heterocycles. The Labute approximate surface area is 198 Å². The molecule has 0 saturated carbocycles. The number of carbonyl (C=O) groups is 2. The lowest BCUT2D eigenvalue weighted by atomic mass is 10.00. The second-order valence-corrected chi connectivity index (χ2v) is 11.6. The van der Waals surface area contributed by atoms with Gasteiger partial charge in [0.15, 0.2) is 9.84 Å². The number of amides is 3. The molecule has 1 heterocycles. The molecule has 0 spiro atoms. The van der Waals surface area contributed by atoms with E-state index in [1.54, 1.807) is 4.90 Å². The highest BCUT2D eigenvalue weighted by atomic mass is 32.2. The number of rotatable bonds is 5. The highest BCUT2D eigenvalue weighted by molar-refractivity contribution is 7.91. The molecule has 2 rings (SSSR count). The maximum absolute atomic E-state index is 12.8. The van der Waals surface area contributed by atoms with Crippen molar-refractivity contribution in [2.24, 2.45) is 5.92 Å². The van der Waals surface area contributed by atoms with Gasteiger partial charge in [-0.3, -0.25) is 4.79 Å². The number of aliphatic hydroxyl groups excluding tert-OH is 1. The molecule has 186 valence electrons. The van der Waals surface area contributed by atoms with Crippen molar-refractivity contribution in [2.75, 3.05) is 31.1 Å². The third-order valence-corrected chi connectivity index (χ3v) is 7.57. The van der Waals surface area contributed by atoms with E-state index in [2.05, 4.69) is 24.5 Å². The Morgan fingerprint density at radius 3 is 2.52 bits per heavy atom. The molecule has 1 aromatic carbocycles. The summed E-state index contributed by atoms with van der Waals surface area (Å²) in [5.41, 5.74) is 0.932. The first-order valence-corrected chi connectivity index (χ1v) is 13.7. The average Bonchev–Trinajstić information content (AvgIpc) is 2.77. The van der Waals surface area contributed by atoms with Crippen molar-refractivity contribution in [3.8, 4) is 0 Å². The summed E-state index contributed by atoms with van der Waals surface area (Å²) in [4.78, 5) is 27.0. The summed E-state index contributed by atoms with van der Waals surface area (Å²) in [7, 11) is -3.32. The van der Waals surface area contributed by atoms with Crippen LogP contribution in [0.3, 0.4) is 0 Å². The zero-order valence-corrected chi connectivity index (χ0v) is 20.6. The lowest BCUT2D eigenvalue weighted by Gasteiger charge is -2.31. The number of β-amino-alcohol motifs (C(OH)–C–C–N with tert-alkyl or cyclic N) is 1. The fourth-order valence-electron chi connectivity index (χ4n) is 3.75. The van der Waals surface area contributed by atoms with Gasteiger partial charge in [-0.2, -0.15) is 0 Å². The smallest absolute Gasteiger partial charge is 0.317 e. The van der Waals surface area contributed by atoms with Crippen LogP contribution < -0.4 is 10.6 Å². The van der Waals surface area contributed by atoms with Gasteiger partial charge in [0.1, 0.15) is 0 Å². The molecular weight excluding hydrogens is 442 g/mol. The predicted octanol–water partition coefficient (Wildman–Crippen LogP) is 2.12. The summed E-state index contributed by atoms with van der Waals surface area (Å²) in [6.45, 7) is 5.20. The maximum atomic E-state index is 12.8. The Balaban J connectivity index is 2.21. The van der Waals surface area contributed by atoms with Crippen LogP contribution >= 0.6 is 0 Å². The maximum Gasteiger partial charge on any atom is 0.317 e. The number of nitrogens with one attached hydrogen (secondary N) is 2. The SMILES string of the molecule is CC(C)CCN1C[C@@H](O)[C@@H](Cc2ccccc2)NC(=O)CCS(=O)(=O)CCCCCNC1=O. The number of hydrogen-bond donors (Lipinski definition) is 3. The van der Waals surface area contributed by atoms with E-state index in [9.17, 15) is 23.1 Å². The number of benzene rings is 1. The van der Waals surface area contributed by atoms with E-state index in [0.29, 0.717) is 44.7 Å². The third kappa shape index (κ3) is 10.6. The Kier molecular flexibility index (Phi) is 11.1. The topological polar surface area (TPSA) is 116 Å². The van der Waals surface area contributed by atoms with E-state index in [1.807, 2.05) is 30.3 Å². The fourth-order valence-corrected chi connectivity index (χ4v) is 5.10. The minimum atomic E-state index is -3.32. The Hall–Kier alpha value is -2.13. The van der Waals surface area contributed by atoms with E-state index < -0.39 is 27.9 Å². The van der Waals surface area contributed by atoms with Crippen molar-refractivity contribution in [1.82, 2.24) is 15.5 Å². The Bertz CT molecular complexity index is 845. The molecule has 0 unspecified atom stereocenters. The molecule has 2 atom stereocenters. The van der Waals surface area contributed by atoms with Crippen LogP contribution in [0.1, 0.15) is 51.5 Å². The Morgan fingerprint density at radius 2 is 1.82 bits per heavy atom. The first kappa shape index (κ1) is 27.1. The summed E-state index contributed by atoms with van der Waals surface area (Å²) >= 11 is 0. The van der Waals surface area contributed by atoms with Crippen molar-refractivity contribution < 1.29 is 23.1 Å². The monoisotopic (exact) mass is 481 g/mol. The van der Waals surface area contributed by atoms with Gasteiger partial charge < -0.3 is 20.6 Å². The van der Waals surface area contributed by atoms with Gasteiger partial charge in [-0.1, -0.05) is 50.6 Å². The summed E-state index contributed by atoms with van der Waals surface area (Å²) in [6.07, 6.45) is 1.90. The molecule has 0 aromatic heterocycles. The first-order chi connectivity index (χ1) is 15.7. The highest BCUT2D eigenvalue weighted by Crippen LogP contribution is 2.11. The van der Waals surface area contributed by atoms with Crippen LogP contribution in [0.4, 0.5) is 4.79 Å². The number of aliphatic hydroxyl groups is 1. The first-order valence-electron chi connectivity index (χ1n) is 11.9. The summed E-state index contributed by atoms with van der Waals surface area (Å²) in [5, 5.41) is 16.8. The van der Waals surface area contributed by atoms with Crippen molar-refractivity contribution in [3.63, 3.8) is 0 Å². The van der Waals surface area contributed by atoms with Gasteiger partial charge in [0.25, 0.3) is 0 Å². The molecule has 3 amide bonds. The predicted molar refractivity (Wildman–Crippen MR) is 130 cm³/mol. The van der Waals surface area contributed by atoms with Gasteiger partial charge in [0.05, 0.1) is 30.2 Å². The molecule has 0 aliphatic carbocycles. The quantitative estimate of drug-likeness (QED) is 0.596. The van der Waals surface area contributed by atoms with E-state index in [0.717, 1.165) is 12.0 Å². The van der Waals surface area contributed by atoms with E-state index in [4.69, 9.17) is 0 Å². The average molecular weight is 482 g/mol. The molecule has 1 aliphatic rings. The molecule has 33 heavy (non-hydrogen) atoms. The van der Waals surface area contributed by atoms with E-state index in [-0.39, 0.29) is 30.5 Å². The molecule has 1 fully saturated rings. The van der Waals surface area contributed by atoms with Crippen molar-refractivity contribution >= 4 is 21.8 Å². The van der Waals surface area contributed by atoms with E-state index in [1.165, 1.54) is 0 Å². The lowest BCUT2D eigenvalue weighted by molar-refractivity contribution is -0.122. The third-order valence-electron chi connectivity index (χ3n) is 5.83. The fraction of sp³-hybridized carbons (Fsp3) is 0.667. The second-order valence-electron chi connectivity index (χ2n) is 9.25. The lowest BCUT2D eigenvalue weighted by Crippen LogP contribution is -2.52. The van der Waals surface area contributed by atoms with Crippen LogP contribution in [0.2, 0.25) is 0 Å². The van der Waals surface area contributed by atoms with Crippen LogP contribution in [0.5, 0.6) is 0 Å². The molecule has 0 bridgehead atoms. The normalized spacial score (nSPS) is 23.7. The van der Waals surface area contributed by atoms with Gasteiger partial charge in [0.2, 0.25) is 5.91 Å². The highest BCUT2D eigenvalue weighted by Gasteiger charge is 2.27. The zero-order chi connectivity index (χ0) is 24.3. The molecule has 0 radical (unpaired) electrons. The largest absolute Gasteiger partial charge is 0.389 e. The van der Waals surface area contributed by atoms with Crippen LogP contribution in [-0.4, -0.2) is 73.6 Å². The van der Waals surface area contributed by atoms with Crippen LogP contribution in [0.25, 0.3) is 0 Å². The molecule has 8 nitrogen and oxygen atoms in total. The van der Waals surface area contributed by atoms with Gasteiger partial charge in [-0.15, -0.1) is 0 Å². The standard InChI is InChI=1S/C24H39N3O5S/c1-19(2)11-14-27-18-22(28)21(17-20-9-5-3-6-10-20)26-23(29)12-16-33(31,32)15-8-4-7-13-25-24(27)30/h3,5-6,9-10,19,21-22,28H,4,7-8,11-18H2,1-2H3,(H,25,30)(H,26,29)/t21-,22-/m1/s1. The minimum absolute atomic E-state index is 0.0325. The summed E-state index contributed by atoms with van der Waals surface area (Å²) in [5.74, 6) is -0.185. The van der Waals surface area contributed by atoms with Gasteiger partial charge in [-0.25, -0.2) is 13.2 Å². The van der Waals surface area contributed by atoms with Crippen molar-refractivity contribution in [3.05, 3.63) is 35.9 Å². The number of hydrogen-bond acceptors (Lipinski definition) is 5. The van der Waals surface area contributed by atoms with Gasteiger partial charge in [0, 0.05) is 19.5 Å². The molecule has 1 aromatic rings. The van der Waals surface area contributed by atoms with Crippen molar-refractivity contribution in [2.45, 2.75) is 64.5 Å². The number of sulfone groups is 1. The summed E-state index contributed by atoms with van der Waals surface area (Å²) in [6, 6.07) is 8.57. The van der Waals surface area contributed by atoms with Gasteiger partial charge >= 0.3 is 6.03 Å².